The molecule has 9 aromatic carbocycles. The molecule has 0 radical (unpaired) electrons. The van der Waals surface area contributed by atoms with Gasteiger partial charge in [-0.15, -0.1) is 0 Å². The van der Waals surface area contributed by atoms with Gasteiger partial charge in [-0.05, 0) is 130 Å². The Hall–Kier alpha value is -7.55. The average molecular weight is 776 g/mol. The van der Waals surface area contributed by atoms with Crippen molar-refractivity contribution in [1.29, 1.82) is 0 Å². The first-order valence-corrected chi connectivity index (χ1v) is 21.5. The summed E-state index contributed by atoms with van der Waals surface area (Å²) in [6, 6.07) is 73.0. The highest BCUT2D eigenvalue weighted by Crippen LogP contribution is 2.65. The summed E-state index contributed by atoms with van der Waals surface area (Å²) in [6.07, 6.45) is 0.720. The van der Waals surface area contributed by atoms with Gasteiger partial charge in [-0.2, -0.15) is 0 Å². The lowest BCUT2D eigenvalue weighted by Gasteiger charge is -2.31. The van der Waals surface area contributed by atoms with Crippen molar-refractivity contribution in [3.8, 4) is 66.8 Å². The highest BCUT2D eigenvalue weighted by atomic mass is 16.3. The summed E-state index contributed by atoms with van der Waals surface area (Å²) >= 11 is 0. The quantitative estimate of drug-likeness (QED) is 0.179. The standard InChI is InChI=1S/C59H37NO/c1-2-56-60-57-46(36-28-30-45-43-20-8-14-26-52(43)59(54(45)33-36)49-23-11-5-17-40(49)41-18-6-12-24-50(41)59)31-37(34-55(57)61-56)35-27-29-44-42-19-7-13-25-51(42)58(53(44)32-35)47-21-9-3-15-38(47)39-16-4-10-22-48(39)58/h3-34H,2H2,1H3. The van der Waals surface area contributed by atoms with Crippen LogP contribution in [-0.4, -0.2) is 4.98 Å². The summed E-state index contributed by atoms with van der Waals surface area (Å²) in [5.74, 6) is 0.750. The zero-order valence-electron chi connectivity index (χ0n) is 33.5. The van der Waals surface area contributed by atoms with E-state index in [9.17, 15) is 0 Å². The molecule has 14 rings (SSSR count). The van der Waals surface area contributed by atoms with Crippen molar-refractivity contribution >= 4 is 11.1 Å². The fraction of sp³-hybridized carbons (Fsp3) is 0.0678. The third kappa shape index (κ3) is 4.01. The van der Waals surface area contributed by atoms with E-state index in [-0.39, 0.29) is 0 Å². The molecule has 2 nitrogen and oxygen atoms in total. The van der Waals surface area contributed by atoms with E-state index in [1.807, 2.05) is 0 Å². The van der Waals surface area contributed by atoms with E-state index >= 15 is 0 Å². The Bertz CT molecular complexity index is 3420. The summed E-state index contributed by atoms with van der Waals surface area (Å²) in [5.41, 5.74) is 26.5. The summed E-state index contributed by atoms with van der Waals surface area (Å²) < 4.78 is 6.59. The zero-order valence-corrected chi connectivity index (χ0v) is 33.5. The topological polar surface area (TPSA) is 26.0 Å². The summed E-state index contributed by atoms with van der Waals surface area (Å²) in [7, 11) is 0. The van der Waals surface area contributed by atoms with Crippen LogP contribution in [0.2, 0.25) is 0 Å². The van der Waals surface area contributed by atoms with Gasteiger partial charge < -0.3 is 4.42 Å². The molecule has 4 aliphatic carbocycles. The second-order valence-corrected chi connectivity index (χ2v) is 17.1. The number of nitrogens with zero attached hydrogens (tertiary/aromatic N) is 1. The van der Waals surface area contributed by atoms with Crippen LogP contribution in [0.1, 0.15) is 57.3 Å². The lowest BCUT2D eigenvalue weighted by Crippen LogP contribution is -2.25. The molecule has 0 unspecified atom stereocenters. The molecule has 4 aliphatic rings. The van der Waals surface area contributed by atoms with Crippen LogP contribution in [0.25, 0.3) is 77.9 Å². The molecular weight excluding hydrogens is 739 g/mol. The van der Waals surface area contributed by atoms with Gasteiger partial charge in [0.25, 0.3) is 0 Å². The maximum absolute atomic E-state index is 6.59. The number of rotatable bonds is 3. The molecule has 0 atom stereocenters. The van der Waals surface area contributed by atoms with Crippen LogP contribution < -0.4 is 0 Å². The molecule has 10 aromatic rings. The third-order valence-corrected chi connectivity index (χ3v) is 14.5. The molecule has 284 valence electrons. The van der Waals surface area contributed by atoms with Crippen LogP contribution in [0, 0.1) is 0 Å². The number of hydrogen-bond donors (Lipinski definition) is 0. The summed E-state index contributed by atoms with van der Waals surface area (Å²) in [6.45, 7) is 2.12. The van der Waals surface area contributed by atoms with Crippen molar-refractivity contribution in [2.45, 2.75) is 24.2 Å². The molecule has 2 heteroatoms. The molecule has 0 aliphatic heterocycles. The average Bonchev–Trinajstić information content (AvgIpc) is 4.11. The third-order valence-electron chi connectivity index (χ3n) is 14.5. The number of aryl methyl sites for hydroxylation is 1. The van der Waals surface area contributed by atoms with Crippen molar-refractivity contribution < 1.29 is 4.42 Å². The maximum atomic E-state index is 6.59. The first-order chi connectivity index (χ1) is 30.2. The Morgan fingerprint density at radius 2 is 0.705 bits per heavy atom. The van der Waals surface area contributed by atoms with Gasteiger partial charge in [0.2, 0.25) is 0 Å². The van der Waals surface area contributed by atoms with Crippen LogP contribution in [0.15, 0.2) is 199 Å². The second-order valence-electron chi connectivity index (χ2n) is 17.1. The highest BCUT2D eigenvalue weighted by Gasteiger charge is 2.53. The fourth-order valence-electron chi connectivity index (χ4n) is 12.2. The molecule has 0 fully saturated rings. The van der Waals surface area contributed by atoms with E-state index < -0.39 is 10.8 Å². The van der Waals surface area contributed by atoms with E-state index in [4.69, 9.17) is 9.40 Å². The Morgan fingerprint density at radius 1 is 0.344 bits per heavy atom. The molecule has 0 amide bonds. The van der Waals surface area contributed by atoms with Crippen molar-refractivity contribution in [1.82, 2.24) is 4.98 Å². The van der Waals surface area contributed by atoms with Crippen molar-refractivity contribution in [3.05, 3.63) is 245 Å². The summed E-state index contributed by atoms with van der Waals surface area (Å²) in [4.78, 5) is 5.16. The lowest BCUT2D eigenvalue weighted by atomic mass is 9.70. The molecule has 0 N–H and O–H groups in total. The molecule has 0 bridgehead atoms. The predicted molar refractivity (Wildman–Crippen MR) is 247 cm³/mol. The molecule has 2 spiro atoms. The van der Waals surface area contributed by atoms with E-state index in [1.165, 1.54) is 89.0 Å². The first-order valence-electron chi connectivity index (χ1n) is 21.5. The Balaban J connectivity index is 1.01. The van der Waals surface area contributed by atoms with Gasteiger partial charge >= 0.3 is 0 Å². The Kier molecular flexibility index (Phi) is 6.44. The number of oxazole rings is 1. The van der Waals surface area contributed by atoms with Gasteiger partial charge in [0.05, 0.1) is 10.8 Å². The van der Waals surface area contributed by atoms with E-state index in [2.05, 4.69) is 201 Å². The second kappa shape index (κ2) is 11.8. The molecule has 1 aromatic heterocycles. The summed E-state index contributed by atoms with van der Waals surface area (Å²) in [5, 5.41) is 0. The normalized spacial score (nSPS) is 14.6. The minimum absolute atomic E-state index is 0.416. The predicted octanol–water partition coefficient (Wildman–Crippen LogP) is 14.4. The highest BCUT2D eigenvalue weighted by molar-refractivity contribution is 6.01. The van der Waals surface area contributed by atoms with E-state index in [0.29, 0.717) is 0 Å². The van der Waals surface area contributed by atoms with Gasteiger partial charge in [0, 0.05) is 12.0 Å². The molecule has 1 heterocycles. The molecule has 0 saturated heterocycles. The number of aromatic nitrogens is 1. The maximum Gasteiger partial charge on any atom is 0.195 e. The van der Waals surface area contributed by atoms with Crippen LogP contribution in [0.5, 0.6) is 0 Å². The number of fused-ring (bicyclic) bond motifs is 21. The Morgan fingerprint density at radius 3 is 1.11 bits per heavy atom. The van der Waals surface area contributed by atoms with Gasteiger partial charge in [0.1, 0.15) is 5.52 Å². The van der Waals surface area contributed by atoms with Gasteiger partial charge in [0.15, 0.2) is 11.5 Å². The molecule has 61 heavy (non-hydrogen) atoms. The van der Waals surface area contributed by atoms with Crippen molar-refractivity contribution in [2.24, 2.45) is 0 Å². The van der Waals surface area contributed by atoms with Crippen molar-refractivity contribution in [3.63, 3.8) is 0 Å². The minimum Gasteiger partial charge on any atom is -0.441 e. The van der Waals surface area contributed by atoms with Crippen LogP contribution in [0.3, 0.4) is 0 Å². The van der Waals surface area contributed by atoms with E-state index in [1.54, 1.807) is 0 Å². The monoisotopic (exact) mass is 775 g/mol. The van der Waals surface area contributed by atoms with Gasteiger partial charge in [-0.1, -0.05) is 177 Å². The SMILES string of the molecule is CCc1nc2c(-c3ccc4c(c3)C3(c5ccccc5-c5ccccc53)c3ccccc3-4)cc(-c3ccc4c(c3)C3(c5ccccc5-c5ccccc53)c3ccccc3-4)cc2o1. The fourth-order valence-corrected chi connectivity index (χ4v) is 12.2. The number of hydrogen-bond acceptors (Lipinski definition) is 2. The zero-order chi connectivity index (χ0) is 40.0. The largest absolute Gasteiger partial charge is 0.441 e. The first kappa shape index (κ1) is 33.3. The van der Waals surface area contributed by atoms with E-state index in [0.717, 1.165) is 45.7 Å². The molecular formula is C59H37NO. The van der Waals surface area contributed by atoms with Crippen molar-refractivity contribution in [2.75, 3.05) is 0 Å². The van der Waals surface area contributed by atoms with Crippen LogP contribution >= 0.6 is 0 Å². The number of benzene rings is 9. The lowest BCUT2D eigenvalue weighted by molar-refractivity contribution is 0.538. The van der Waals surface area contributed by atoms with Crippen LogP contribution in [-0.2, 0) is 17.3 Å². The Labute approximate surface area is 354 Å². The smallest absolute Gasteiger partial charge is 0.195 e. The van der Waals surface area contributed by atoms with Crippen LogP contribution in [0.4, 0.5) is 0 Å². The molecule has 0 saturated carbocycles. The van der Waals surface area contributed by atoms with Gasteiger partial charge in [-0.3, -0.25) is 0 Å². The minimum atomic E-state index is -0.429. The van der Waals surface area contributed by atoms with Gasteiger partial charge in [-0.25, -0.2) is 4.98 Å².